The number of carbonyl (C=O) groups excluding carboxylic acids is 3. The third-order valence-corrected chi connectivity index (χ3v) is 8.73. The Morgan fingerprint density at radius 1 is 1.38 bits per heavy atom. The van der Waals surface area contributed by atoms with Gasteiger partial charge in [-0.2, -0.15) is 0 Å². The van der Waals surface area contributed by atoms with Gasteiger partial charge in [0.2, 0.25) is 17.6 Å². The fraction of sp³-hybridized carbons (Fsp3) is 0.478. The van der Waals surface area contributed by atoms with Crippen LogP contribution in [0.4, 0.5) is 0 Å². The number of thioether (sulfide) groups is 3. The highest BCUT2D eigenvalue weighted by atomic mass is 32.2. The molecule has 1 aromatic heterocycles. The van der Waals surface area contributed by atoms with Crippen LogP contribution in [0.25, 0.3) is 0 Å². The lowest BCUT2D eigenvalue weighted by molar-refractivity contribution is -0.160. The largest absolute Gasteiger partial charge is 0.477 e. The number of hydrogen-bond donors (Lipinski definition) is 3. The van der Waals surface area contributed by atoms with Crippen molar-refractivity contribution in [2.24, 2.45) is 10.9 Å². The predicted octanol–water partition coefficient (Wildman–Crippen LogP) is -0.429. The van der Waals surface area contributed by atoms with E-state index in [1.165, 1.54) is 51.1 Å². The first-order valence-electron chi connectivity index (χ1n) is 12.2. The number of aromatic nitrogens is 4. The summed E-state index contributed by atoms with van der Waals surface area (Å²) in [5.41, 5.74) is 4.93. The van der Waals surface area contributed by atoms with E-state index in [0.717, 1.165) is 4.90 Å². The monoisotopic (exact) mass is 637 g/mol. The first kappa shape index (κ1) is 31.2. The zero-order valence-electron chi connectivity index (χ0n) is 22.6. The molecular weight excluding hydrogens is 611 g/mol. The molecule has 3 aliphatic heterocycles. The maximum Gasteiger partial charge on any atom is 0.352 e. The Kier molecular flexibility index (Phi) is 9.71. The molecule has 16 nitrogen and oxygen atoms in total. The van der Waals surface area contributed by atoms with Crippen LogP contribution in [0.3, 0.4) is 0 Å². The summed E-state index contributed by atoms with van der Waals surface area (Å²) in [6.45, 7) is 4.67. The highest BCUT2D eigenvalue weighted by Gasteiger charge is 2.54. The van der Waals surface area contributed by atoms with Crippen molar-refractivity contribution >= 4 is 64.9 Å². The van der Waals surface area contributed by atoms with E-state index >= 15 is 0 Å². The molecule has 4 heterocycles. The molecule has 42 heavy (non-hydrogen) atoms. The van der Waals surface area contributed by atoms with Crippen LogP contribution in [0.5, 0.6) is 0 Å². The molecule has 0 radical (unpaired) electrons. The van der Waals surface area contributed by atoms with Gasteiger partial charge in [0.15, 0.2) is 0 Å². The van der Waals surface area contributed by atoms with Crippen molar-refractivity contribution in [2.75, 3.05) is 18.1 Å². The van der Waals surface area contributed by atoms with Crippen molar-refractivity contribution < 1.29 is 33.9 Å². The van der Waals surface area contributed by atoms with Crippen molar-refractivity contribution in [3.05, 3.63) is 22.9 Å². The molecule has 224 valence electrons. The van der Waals surface area contributed by atoms with Gasteiger partial charge in [-0.25, -0.2) is 14.3 Å². The van der Waals surface area contributed by atoms with E-state index in [1.807, 2.05) is 0 Å². The van der Waals surface area contributed by atoms with Crippen molar-refractivity contribution in [1.82, 2.24) is 35.3 Å². The van der Waals surface area contributed by atoms with Crippen LogP contribution in [0.1, 0.15) is 20.8 Å². The summed E-state index contributed by atoms with van der Waals surface area (Å²) in [7, 11) is 0. The number of amides is 2. The summed E-state index contributed by atoms with van der Waals surface area (Å²) in [4.78, 5) is 58.2. The number of nitrogens with zero attached hydrogens (tertiary/aromatic N) is 7. The zero-order valence-corrected chi connectivity index (χ0v) is 25.1. The molecule has 1 saturated heterocycles. The lowest BCUT2D eigenvalue weighted by Crippen LogP contribution is -2.71. The van der Waals surface area contributed by atoms with Gasteiger partial charge in [0, 0.05) is 17.7 Å². The standard InChI is InChI=1S/C23H27N9O7S3/c1-5-6-31-22(26-28-29-31)42-11-12-10-41-19-14(18(35)32(19)15(12)20(36)37)25-17(34)16(30-7-8-40-21(30)24)27-38-9-13(33)39-23(2,3)4/h1,7-8,14,19,21H,6,9-11,24H2,2-4H3,(H,25,34)(H,36,37)/t14?,19-,21?/m0/s1. The summed E-state index contributed by atoms with van der Waals surface area (Å²) in [5, 5.41) is 29.0. The smallest absolute Gasteiger partial charge is 0.352 e. The number of carboxylic acid groups (broad SMARTS) is 1. The number of oxime groups is 1. The summed E-state index contributed by atoms with van der Waals surface area (Å²) >= 11 is 3.69. The Labute approximate surface area is 252 Å². The minimum atomic E-state index is -1.28. The second kappa shape index (κ2) is 13.1. The van der Waals surface area contributed by atoms with Gasteiger partial charge in [-0.1, -0.05) is 34.6 Å². The lowest BCUT2D eigenvalue weighted by atomic mass is 10.0. The number of carboxylic acids is 1. The van der Waals surface area contributed by atoms with Crippen LogP contribution in [-0.4, -0.2) is 105 Å². The fourth-order valence-electron chi connectivity index (χ4n) is 3.88. The predicted molar refractivity (Wildman–Crippen MR) is 153 cm³/mol. The van der Waals surface area contributed by atoms with E-state index in [2.05, 4.69) is 31.9 Å². The number of aliphatic carboxylic acids is 1. The van der Waals surface area contributed by atoms with E-state index in [0.29, 0.717) is 10.7 Å². The summed E-state index contributed by atoms with van der Waals surface area (Å²) in [5.74, 6) is -0.762. The molecule has 0 aromatic carbocycles. The SMILES string of the molecule is C#CCn1nnnc1SCC1=C(C(=O)O)N2C(=O)C(NC(=O)C(=NOCC(=O)OC(C)(C)C)N3C=CSC3N)[C@@H]2SC1. The van der Waals surface area contributed by atoms with Crippen LogP contribution in [0, 0.1) is 12.3 Å². The van der Waals surface area contributed by atoms with Gasteiger partial charge in [-0.05, 0) is 42.2 Å². The number of tetrazole rings is 1. The topological polar surface area (TPSA) is 207 Å². The first-order chi connectivity index (χ1) is 19.9. The number of amidine groups is 1. The van der Waals surface area contributed by atoms with Crippen molar-refractivity contribution in [1.29, 1.82) is 0 Å². The van der Waals surface area contributed by atoms with E-state index in [9.17, 15) is 24.3 Å². The minimum absolute atomic E-state index is 0.150. The van der Waals surface area contributed by atoms with Crippen LogP contribution in [0.15, 0.2) is 33.2 Å². The average Bonchev–Trinajstić information content (AvgIpc) is 3.55. The maximum absolute atomic E-state index is 13.3. The van der Waals surface area contributed by atoms with E-state index in [4.69, 9.17) is 21.7 Å². The highest BCUT2D eigenvalue weighted by Crippen LogP contribution is 2.41. The molecule has 3 atom stereocenters. The Morgan fingerprint density at radius 2 is 2.14 bits per heavy atom. The molecule has 0 spiro atoms. The molecule has 0 saturated carbocycles. The van der Waals surface area contributed by atoms with Crippen molar-refractivity contribution in [3.8, 4) is 12.3 Å². The van der Waals surface area contributed by atoms with Gasteiger partial charge in [0.05, 0.1) is 0 Å². The molecule has 2 amide bonds. The molecule has 4 N–H and O–H groups in total. The quantitative estimate of drug-likeness (QED) is 0.0597. The Morgan fingerprint density at radius 3 is 2.79 bits per heavy atom. The molecule has 1 aromatic rings. The Bertz CT molecular complexity index is 1400. The van der Waals surface area contributed by atoms with Gasteiger partial charge < -0.3 is 25.7 Å². The van der Waals surface area contributed by atoms with Gasteiger partial charge >= 0.3 is 11.9 Å². The molecule has 2 unspecified atom stereocenters. The van der Waals surface area contributed by atoms with E-state index < -0.39 is 52.9 Å². The lowest BCUT2D eigenvalue weighted by Gasteiger charge is -2.49. The normalized spacial score (nSPS) is 21.9. The van der Waals surface area contributed by atoms with Crippen LogP contribution in [-0.2, 0) is 35.3 Å². The third kappa shape index (κ3) is 7.00. The summed E-state index contributed by atoms with van der Waals surface area (Å²) < 4.78 is 6.57. The number of fused-ring (bicyclic) bond motifs is 1. The molecule has 1 fully saturated rings. The number of nitrogens with two attached hydrogens (primary N) is 1. The summed E-state index contributed by atoms with van der Waals surface area (Å²) in [6, 6.07) is -1.04. The van der Waals surface area contributed by atoms with Gasteiger partial charge in [-0.15, -0.1) is 23.3 Å². The number of ether oxygens (including phenoxy) is 1. The number of rotatable bonds is 9. The minimum Gasteiger partial charge on any atom is -0.477 e. The molecule has 4 rings (SSSR count). The first-order valence-corrected chi connectivity index (χ1v) is 15.2. The van der Waals surface area contributed by atoms with Crippen molar-refractivity contribution in [2.45, 2.75) is 55.0 Å². The van der Waals surface area contributed by atoms with E-state index in [-0.39, 0.29) is 29.6 Å². The second-order valence-corrected chi connectivity index (χ2v) is 12.8. The number of nitrogens with one attached hydrogen (secondary N) is 1. The Balaban J connectivity index is 1.45. The number of esters is 1. The molecule has 0 aliphatic carbocycles. The number of terminal acetylenes is 1. The zero-order chi connectivity index (χ0) is 30.6. The number of carbonyl (C=O) groups is 4. The number of β-lactam (4-membered cyclic amide) rings is 1. The Hall–Kier alpha value is -3.73. The van der Waals surface area contributed by atoms with Crippen molar-refractivity contribution in [3.63, 3.8) is 0 Å². The third-order valence-electron chi connectivity index (χ3n) is 5.57. The maximum atomic E-state index is 13.3. The molecule has 3 aliphatic rings. The summed E-state index contributed by atoms with van der Waals surface area (Å²) in [6.07, 6.45) is 6.83. The van der Waals surface area contributed by atoms with Crippen LogP contribution < -0.4 is 11.1 Å². The molecule has 0 bridgehead atoms. The molecular formula is C23H27N9O7S3. The van der Waals surface area contributed by atoms with Gasteiger partial charge in [-0.3, -0.25) is 19.4 Å². The highest BCUT2D eigenvalue weighted by molar-refractivity contribution is 8.02. The second-order valence-electron chi connectivity index (χ2n) is 9.72. The molecule has 19 heteroatoms. The fourth-order valence-corrected chi connectivity index (χ4v) is 6.91. The van der Waals surface area contributed by atoms with Crippen LogP contribution >= 0.6 is 35.3 Å². The average molecular weight is 638 g/mol. The number of hydrogen-bond acceptors (Lipinski definition) is 14. The van der Waals surface area contributed by atoms with Gasteiger partial charge in [0.25, 0.3) is 11.8 Å². The van der Waals surface area contributed by atoms with E-state index in [1.54, 1.807) is 26.2 Å². The van der Waals surface area contributed by atoms with Crippen LogP contribution in [0.2, 0.25) is 0 Å². The van der Waals surface area contributed by atoms with Gasteiger partial charge in [0.1, 0.15) is 34.8 Å².